The number of anilines is 1. The summed E-state index contributed by atoms with van der Waals surface area (Å²) >= 11 is 2.04. The van der Waals surface area contributed by atoms with E-state index in [1.165, 1.54) is 24.6 Å². The second-order valence-corrected chi connectivity index (χ2v) is 5.59. The number of benzene rings is 1. The minimum absolute atomic E-state index is 0.627. The van der Waals surface area contributed by atoms with Gasteiger partial charge in [-0.05, 0) is 12.1 Å². The normalized spacial score (nSPS) is 17.1. The molecule has 0 bridgehead atoms. The lowest BCUT2D eigenvalue weighted by molar-refractivity contribution is 0.314. The predicted octanol–water partition coefficient (Wildman–Crippen LogP) is 2.29. The number of oxazole rings is 1. The zero-order valence-corrected chi connectivity index (χ0v) is 11.1. The van der Waals surface area contributed by atoms with Crippen LogP contribution < -0.4 is 5.32 Å². The highest BCUT2D eigenvalue weighted by molar-refractivity contribution is 7.99. The summed E-state index contributed by atoms with van der Waals surface area (Å²) in [6.45, 7) is 4.33. The Morgan fingerprint density at radius 2 is 2.11 bits per heavy atom. The van der Waals surface area contributed by atoms with E-state index < -0.39 is 0 Å². The lowest BCUT2D eigenvalue weighted by Crippen LogP contribution is -2.36. The van der Waals surface area contributed by atoms with E-state index >= 15 is 0 Å². The van der Waals surface area contributed by atoms with Gasteiger partial charge in [0, 0.05) is 37.7 Å². The van der Waals surface area contributed by atoms with Crippen molar-refractivity contribution in [2.45, 2.75) is 0 Å². The van der Waals surface area contributed by atoms with Gasteiger partial charge in [-0.15, -0.1) is 0 Å². The summed E-state index contributed by atoms with van der Waals surface area (Å²) in [6, 6.07) is 8.46. The molecule has 2 heterocycles. The molecule has 1 aliphatic rings. The molecule has 1 fully saturated rings. The first-order valence-electron chi connectivity index (χ1n) is 6.31. The minimum Gasteiger partial charge on any atom is -0.424 e. The van der Waals surface area contributed by atoms with Crippen LogP contribution in [-0.4, -0.2) is 47.6 Å². The standard InChI is InChI=1S/C13H17N3OS/c1-2-4-12-11(3-1)15-13(17-12)14-5-6-16-7-9-18-10-8-16/h1-4H,5-10H2,(H,14,15). The Bertz CT molecular complexity index is 475. The van der Waals surface area contributed by atoms with E-state index in [1.54, 1.807) is 0 Å². The fourth-order valence-electron chi connectivity index (χ4n) is 2.09. The maximum atomic E-state index is 5.61. The maximum absolute atomic E-state index is 5.61. The summed E-state index contributed by atoms with van der Waals surface area (Å²) in [7, 11) is 0. The lowest BCUT2D eigenvalue weighted by Gasteiger charge is -2.25. The topological polar surface area (TPSA) is 41.3 Å². The van der Waals surface area contributed by atoms with E-state index in [0.29, 0.717) is 6.01 Å². The predicted molar refractivity (Wildman–Crippen MR) is 76.3 cm³/mol. The van der Waals surface area contributed by atoms with Gasteiger partial charge in [0.2, 0.25) is 0 Å². The Hall–Kier alpha value is -1.20. The van der Waals surface area contributed by atoms with Gasteiger partial charge in [0.15, 0.2) is 5.58 Å². The van der Waals surface area contributed by atoms with Gasteiger partial charge in [-0.2, -0.15) is 16.7 Å². The molecule has 0 saturated carbocycles. The Kier molecular flexibility index (Phi) is 3.71. The SMILES string of the molecule is c1ccc2oc(NCCN3CCSCC3)nc2c1. The molecule has 96 valence electrons. The summed E-state index contributed by atoms with van der Waals surface area (Å²) in [4.78, 5) is 6.87. The van der Waals surface area contributed by atoms with Gasteiger partial charge in [-0.1, -0.05) is 12.1 Å². The van der Waals surface area contributed by atoms with Crippen molar-refractivity contribution in [2.24, 2.45) is 0 Å². The molecule has 1 saturated heterocycles. The molecule has 0 atom stereocenters. The van der Waals surface area contributed by atoms with Gasteiger partial charge in [-0.25, -0.2) is 0 Å². The zero-order valence-electron chi connectivity index (χ0n) is 10.3. The van der Waals surface area contributed by atoms with Gasteiger partial charge < -0.3 is 9.73 Å². The average Bonchev–Trinajstić information content (AvgIpc) is 2.82. The van der Waals surface area contributed by atoms with E-state index in [9.17, 15) is 0 Å². The molecule has 0 aliphatic carbocycles. The Balaban J connectivity index is 1.53. The first kappa shape index (κ1) is 11.9. The minimum atomic E-state index is 0.627. The number of aromatic nitrogens is 1. The van der Waals surface area contributed by atoms with Crippen molar-refractivity contribution in [3.8, 4) is 0 Å². The number of hydrogen-bond acceptors (Lipinski definition) is 5. The summed E-state index contributed by atoms with van der Waals surface area (Å²) in [6.07, 6.45) is 0. The summed E-state index contributed by atoms with van der Waals surface area (Å²) in [5, 5.41) is 3.26. The molecule has 0 radical (unpaired) electrons. The number of hydrogen-bond donors (Lipinski definition) is 1. The fourth-order valence-corrected chi connectivity index (χ4v) is 3.07. The van der Waals surface area contributed by atoms with Crippen molar-refractivity contribution in [2.75, 3.05) is 43.0 Å². The van der Waals surface area contributed by atoms with Crippen LogP contribution in [0.15, 0.2) is 28.7 Å². The molecule has 3 rings (SSSR count). The Morgan fingerprint density at radius 1 is 1.28 bits per heavy atom. The highest BCUT2D eigenvalue weighted by Gasteiger charge is 2.10. The number of thioether (sulfide) groups is 1. The fraction of sp³-hybridized carbons (Fsp3) is 0.462. The maximum Gasteiger partial charge on any atom is 0.295 e. The third-order valence-corrected chi connectivity index (χ3v) is 4.04. The number of rotatable bonds is 4. The Labute approximate surface area is 111 Å². The van der Waals surface area contributed by atoms with Crippen molar-refractivity contribution < 1.29 is 4.42 Å². The van der Waals surface area contributed by atoms with E-state index in [0.717, 1.165) is 24.2 Å². The van der Waals surface area contributed by atoms with Crippen molar-refractivity contribution in [1.29, 1.82) is 0 Å². The third kappa shape index (κ3) is 2.79. The highest BCUT2D eigenvalue weighted by Crippen LogP contribution is 2.17. The van der Waals surface area contributed by atoms with Crippen LogP contribution in [0.25, 0.3) is 11.1 Å². The van der Waals surface area contributed by atoms with Crippen LogP contribution >= 0.6 is 11.8 Å². The number of nitrogens with one attached hydrogen (secondary N) is 1. The largest absolute Gasteiger partial charge is 0.424 e. The van der Waals surface area contributed by atoms with Crippen molar-refractivity contribution in [3.05, 3.63) is 24.3 Å². The molecular weight excluding hydrogens is 246 g/mol. The number of para-hydroxylation sites is 2. The van der Waals surface area contributed by atoms with Gasteiger partial charge in [0.05, 0.1) is 0 Å². The smallest absolute Gasteiger partial charge is 0.295 e. The van der Waals surface area contributed by atoms with Gasteiger partial charge in [-0.3, -0.25) is 4.90 Å². The van der Waals surface area contributed by atoms with Crippen LogP contribution in [0, 0.1) is 0 Å². The van der Waals surface area contributed by atoms with Gasteiger partial charge in [0.25, 0.3) is 6.01 Å². The molecule has 2 aromatic rings. The molecule has 1 aromatic carbocycles. The third-order valence-electron chi connectivity index (χ3n) is 3.10. The molecule has 1 aliphatic heterocycles. The number of fused-ring (bicyclic) bond motifs is 1. The molecule has 0 amide bonds. The molecule has 4 nitrogen and oxygen atoms in total. The molecule has 5 heteroatoms. The molecule has 1 N–H and O–H groups in total. The van der Waals surface area contributed by atoms with Crippen LogP contribution in [0.4, 0.5) is 6.01 Å². The van der Waals surface area contributed by atoms with E-state index in [1.807, 2.05) is 36.0 Å². The zero-order chi connectivity index (χ0) is 12.2. The van der Waals surface area contributed by atoms with Crippen LogP contribution in [0.5, 0.6) is 0 Å². The lowest BCUT2D eigenvalue weighted by atomic mass is 10.3. The van der Waals surface area contributed by atoms with Crippen molar-refractivity contribution in [3.63, 3.8) is 0 Å². The number of nitrogens with zero attached hydrogens (tertiary/aromatic N) is 2. The highest BCUT2D eigenvalue weighted by atomic mass is 32.2. The summed E-state index contributed by atoms with van der Waals surface area (Å²) in [5.74, 6) is 2.51. The first-order valence-corrected chi connectivity index (χ1v) is 7.47. The monoisotopic (exact) mass is 263 g/mol. The first-order chi connectivity index (χ1) is 8.92. The van der Waals surface area contributed by atoms with Crippen LogP contribution in [0.1, 0.15) is 0 Å². The van der Waals surface area contributed by atoms with Crippen molar-refractivity contribution in [1.82, 2.24) is 9.88 Å². The second kappa shape index (κ2) is 5.63. The van der Waals surface area contributed by atoms with Crippen LogP contribution in [0.2, 0.25) is 0 Å². The summed E-state index contributed by atoms with van der Waals surface area (Å²) in [5.41, 5.74) is 1.75. The molecule has 1 aromatic heterocycles. The second-order valence-electron chi connectivity index (χ2n) is 4.37. The molecule has 0 unspecified atom stereocenters. The van der Waals surface area contributed by atoms with Gasteiger partial charge in [0.1, 0.15) is 5.52 Å². The van der Waals surface area contributed by atoms with E-state index in [4.69, 9.17) is 4.42 Å². The Morgan fingerprint density at radius 3 is 2.94 bits per heavy atom. The summed E-state index contributed by atoms with van der Waals surface area (Å²) < 4.78 is 5.61. The van der Waals surface area contributed by atoms with Crippen LogP contribution in [0.3, 0.4) is 0 Å². The van der Waals surface area contributed by atoms with E-state index in [2.05, 4.69) is 15.2 Å². The average molecular weight is 263 g/mol. The quantitative estimate of drug-likeness (QED) is 0.916. The molecule has 18 heavy (non-hydrogen) atoms. The van der Waals surface area contributed by atoms with E-state index in [-0.39, 0.29) is 0 Å². The van der Waals surface area contributed by atoms with Gasteiger partial charge >= 0.3 is 0 Å². The van der Waals surface area contributed by atoms with Crippen molar-refractivity contribution >= 4 is 28.9 Å². The molecular formula is C13H17N3OS. The molecule has 0 spiro atoms. The van der Waals surface area contributed by atoms with Crippen LogP contribution in [-0.2, 0) is 0 Å².